The number of anilines is 1. The van der Waals surface area contributed by atoms with Crippen molar-refractivity contribution in [3.63, 3.8) is 0 Å². The van der Waals surface area contributed by atoms with Crippen molar-refractivity contribution in [1.82, 2.24) is 4.90 Å². The molecule has 2 aromatic rings. The molecular weight excluding hydrogens is 449 g/mol. The lowest BCUT2D eigenvalue weighted by atomic mass is 10.3. The molecule has 1 aliphatic heterocycles. The van der Waals surface area contributed by atoms with E-state index in [1.165, 1.54) is 24.3 Å². The fraction of sp³-hybridized carbons (Fsp3) is 0.300. The van der Waals surface area contributed by atoms with Gasteiger partial charge in [0.25, 0.3) is 10.0 Å². The average molecular weight is 470 g/mol. The number of sulfonamides is 1. The summed E-state index contributed by atoms with van der Waals surface area (Å²) in [6.45, 7) is 0.913. The molecular formula is C20H21Cl2N3O4S. The Labute approximate surface area is 185 Å². The third kappa shape index (κ3) is 5.65. The van der Waals surface area contributed by atoms with Gasteiger partial charge in [-0.3, -0.25) is 4.79 Å². The maximum absolute atomic E-state index is 12.5. The minimum absolute atomic E-state index is 0.0761. The molecule has 7 nitrogen and oxygen atoms in total. The second-order valence-electron chi connectivity index (χ2n) is 6.73. The van der Waals surface area contributed by atoms with Crippen LogP contribution in [0.15, 0.2) is 51.8 Å². The number of nitrogens with one attached hydrogen (secondary N) is 1. The number of hydrogen-bond donors (Lipinski definition) is 1. The van der Waals surface area contributed by atoms with Crippen LogP contribution in [0.5, 0.6) is 5.75 Å². The van der Waals surface area contributed by atoms with E-state index in [4.69, 9.17) is 27.9 Å². The van der Waals surface area contributed by atoms with E-state index < -0.39 is 10.0 Å². The normalized spacial score (nSPS) is 15.4. The molecule has 30 heavy (non-hydrogen) atoms. The molecule has 10 heteroatoms. The standard InChI is InChI=1S/C20H21Cl2N3O4S/c1-25-12-3-6-18(25)24-30(27,28)15-9-7-14(8-10-15)23-19(26)11-13-29-17-5-2-4-16(21)20(17)22/h2,4-5,7-10H,3,6,11-13H2,1H3,(H,23,26)/b24-18+. The van der Waals surface area contributed by atoms with Crippen molar-refractivity contribution in [3.8, 4) is 5.75 Å². The van der Waals surface area contributed by atoms with E-state index >= 15 is 0 Å². The molecule has 1 aliphatic rings. The van der Waals surface area contributed by atoms with Crippen LogP contribution in [0.3, 0.4) is 0 Å². The van der Waals surface area contributed by atoms with E-state index in [-0.39, 0.29) is 23.8 Å². The van der Waals surface area contributed by atoms with E-state index in [0.717, 1.165) is 13.0 Å². The third-order valence-electron chi connectivity index (χ3n) is 4.50. The molecule has 1 heterocycles. The van der Waals surface area contributed by atoms with Gasteiger partial charge in [0.15, 0.2) is 0 Å². The number of carbonyl (C=O) groups excluding carboxylic acids is 1. The van der Waals surface area contributed by atoms with Crippen LogP contribution in [0.1, 0.15) is 19.3 Å². The molecule has 1 saturated heterocycles. The predicted octanol–water partition coefficient (Wildman–Crippen LogP) is 4.21. The van der Waals surface area contributed by atoms with Gasteiger partial charge in [-0.25, -0.2) is 0 Å². The van der Waals surface area contributed by atoms with E-state index in [9.17, 15) is 13.2 Å². The topological polar surface area (TPSA) is 88.1 Å². The zero-order valence-electron chi connectivity index (χ0n) is 16.3. The molecule has 3 rings (SSSR count). The second kappa shape index (κ2) is 9.68. The van der Waals surface area contributed by atoms with Crippen LogP contribution in [-0.2, 0) is 14.8 Å². The van der Waals surface area contributed by atoms with Gasteiger partial charge in [-0.1, -0.05) is 29.3 Å². The van der Waals surface area contributed by atoms with Crippen molar-refractivity contribution in [1.29, 1.82) is 0 Å². The van der Waals surface area contributed by atoms with Crippen LogP contribution in [-0.4, -0.2) is 45.3 Å². The highest BCUT2D eigenvalue weighted by molar-refractivity contribution is 7.90. The minimum Gasteiger partial charge on any atom is -0.491 e. The summed E-state index contributed by atoms with van der Waals surface area (Å²) >= 11 is 12.0. The number of ether oxygens (including phenoxy) is 1. The lowest BCUT2D eigenvalue weighted by Crippen LogP contribution is -2.20. The van der Waals surface area contributed by atoms with Gasteiger partial charge in [-0.15, -0.1) is 4.40 Å². The molecule has 0 spiro atoms. The zero-order valence-corrected chi connectivity index (χ0v) is 18.6. The monoisotopic (exact) mass is 469 g/mol. The van der Waals surface area contributed by atoms with Gasteiger partial charge in [0, 0.05) is 25.7 Å². The molecule has 0 unspecified atom stereocenters. The van der Waals surface area contributed by atoms with Crippen LogP contribution in [0, 0.1) is 0 Å². The fourth-order valence-corrected chi connectivity index (χ4v) is 4.32. The number of carbonyl (C=O) groups is 1. The minimum atomic E-state index is -3.78. The SMILES string of the molecule is CN1CCC/C1=N\S(=O)(=O)c1ccc(NC(=O)CCOc2cccc(Cl)c2Cl)cc1. The third-order valence-corrected chi connectivity index (χ3v) is 6.62. The van der Waals surface area contributed by atoms with Gasteiger partial charge in [-0.05, 0) is 42.8 Å². The van der Waals surface area contributed by atoms with Crippen LogP contribution in [0.25, 0.3) is 0 Å². The highest BCUT2D eigenvalue weighted by Gasteiger charge is 2.20. The van der Waals surface area contributed by atoms with E-state index in [0.29, 0.717) is 33.7 Å². The number of likely N-dealkylation sites (tertiary alicyclic amines) is 1. The predicted molar refractivity (Wildman–Crippen MR) is 118 cm³/mol. The first-order valence-corrected chi connectivity index (χ1v) is 11.5. The number of benzene rings is 2. The second-order valence-corrected chi connectivity index (χ2v) is 9.12. The molecule has 0 saturated carbocycles. The summed E-state index contributed by atoms with van der Waals surface area (Å²) in [4.78, 5) is 14.0. The number of halogens is 2. The van der Waals surface area contributed by atoms with Crippen LogP contribution in [0.2, 0.25) is 10.0 Å². The van der Waals surface area contributed by atoms with E-state index in [1.807, 2.05) is 11.9 Å². The summed E-state index contributed by atoms with van der Waals surface area (Å²) in [6, 6.07) is 10.9. The van der Waals surface area contributed by atoms with Crippen LogP contribution < -0.4 is 10.1 Å². The lowest BCUT2D eigenvalue weighted by Gasteiger charge is -2.11. The largest absolute Gasteiger partial charge is 0.491 e. The number of nitrogens with zero attached hydrogens (tertiary/aromatic N) is 2. The Morgan fingerprint density at radius 2 is 1.93 bits per heavy atom. The summed E-state index contributed by atoms with van der Waals surface area (Å²) in [5.74, 6) is 0.685. The quantitative estimate of drug-likeness (QED) is 0.655. The first-order chi connectivity index (χ1) is 14.3. The van der Waals surface area contributed by atoms with Crippen molar-refractivity contribution in [2.45, 2.75) is 24.2 Å². The molecule has 1 N–H and O–H groups in total. The smallest absolute Gasteiger partial charge is 0.283 e. The van der Waals surface area contributed by atoms with E-state index in [1.54, 1.807) is 18.2 Å². The summed E-state index contributed by atoms with van der Waals surface area (Å²) in [7, 11) is -1.96. The van der Waals surface area contributed by atoms with E-state index in [2.05, 4.69) is 9.71 Å². The van der Waals surface area contributed by atoms with Gasteiger partial charge in [0.1, 0.15) is 16.6 Å². The fourth-order valence-electron chi connectivity index (χ4n) is 2.88. The van der Waals surface area contributed by atoms with Gasteiger partial charge < -0.3 is 15.0 Å². The number of amides is 1. The molecule has 0 aliphatic carbocycles. The Kier molecular flexibility index (Phi) is 7.23. The first kappa shape index (κ1) is 22.4. The van der Waals surface area contributed by atoms with Gasteiger partial charge in [0.2, 0.25) is 5.91 Å². The Bertz CT molecular complexity index is 1060. The maximum Gasteiger partial charge on any atom is 0.283 e. The molecule has 0 atom stereocenters. The summed E-state index contributed by atoms with van der Waals surface area (Å²) in [6.07, 6.45) is 1.62. The highest BCUT2D eigenvalue weighted by Crippen LogP contribution is 2.31. The molecule has 1 fully saturated rings. The maximum atomic E-state index is 12.5. The molecule has 2 aromatic carbocycles. The van der Waals surface area contributed by atoms with Gasteiger partial charge in [0.05, 0.1) is 22.9 Å². The Hall–Kier alpha value is -2.29. The Morgan fingerprint density at radius 1 is 1.20 bits per heavy atom. The summed E-state index contributed by atoms with van der Waals surface area (Å²) in [5.41, 5.74) is 0.477. The van der Waals surface area contributed by atoms with Gasteiger partial charge >= 0.3 is 0 Å². The van der Waals surface area contributed by atoms with Crippen molar-refractivity contribution >= 4 is 50.7 Å². The average Bonchev–Trinajstić information content (AvgIpc) is 3.09. The van der Waals surface area contributed by atoms with Crippen LogP contribution in [0.4, 0.5) is 5.69 Å². The van der Waals surface area contributed by atoms with Crippen molar-refractivity contribution in [2.75, 3.05) is 25.5 Å². The number of hydrogen-bond acceptors (Lipinski definition) is 4. The highest BCUT2D eigenvalue weighted by atomic mass is 35.5. The number of rotatable bonds is 7. The molecule has 160 valence electrons. The van der Waals surface area contributed by atoms with Crippen molar-refractivity contribution < 1.29 is 17.9 Å². The van der Waals surface area contributed by atoms with Crippen LogP contribution >= 0.6 is 23.2 Å². The summed E-state index contributed by atoms with van der Waals surface area (Å²) in [5, 5.41) is 3.36. The molecule has 1 amide bonds. The molecule has 0 aromatic heterocycles. The van der Waals surface area contributed by atoms with Gasteiger partial charge in [-0.2, -0.15) is 8.42 Å². The zero-order chi connectivity index (χ0) is 21.7. The Morgan fingerprint density at radius 3 is 2.60 bits per heavy atom. The molecule has 0 bridgehead atoms. The first-order valence-electron chi connectivity index (χ1n) is 9.28. The number of amidine groups is 1. The lowest BCUT2D eigenvalue weighted by molar-refractivity contribution is -0.116. The Balaban J connectivity index is 1.55. The molecule has 0 radical (unpaired) electrons. The summed E-state index contributed by atoms with van der Waals surface area (Å²) < 4.78 is 34.3. The van der Waals surface area contributed by atoms with Crippen molar-refractivity contribution in [3.05, 3.63) is 52.5 Å². The van der Waals surface area contributed by atoms with Crippen molar-refractivity contribution in [2.24, 2.45) is 4.40 Å².